The van der Waals surface area contributed by atoms with Crippen molar-refractivity contribution in [3.8, 4) is 11.3 Å². The monoisotopic (exact) mass is 344 g/mol. The molecule has 2 fully saturated rings. The second-order valence-corrected chi connectivity index (χ2v) is 7.23. The molecule has 4 rings (SSSR count). The second kappa shape index (κ2) is 6.22. The molecule has 2 saturated heterocycles. The van der Waals surface area contributed by atoms with E-state index in [9.17, 15) is 4.79 Å². The minimum absolute atomic E-state index is 0.0654. The second-order valence-electron chi connectivity index (χ2n) is 6.82. The first kappa shape index (κ1) is 15.7. The van der Waals surface area contributed by atoms with E-state index in [1.165, 1.54) is 12.8 Å². The van der Waals surface area contributed by atoms with Gasteiger partial charge in [-0.25, -0.2) is 0 Å². The predicted octanol–water partition coefficient (Wildman–Crippen LogP) is 2.75. The summed E-state index contributed by atoms with van der Waals surface area (Å²) in [7, 11) is 1.82. The molecule has 24 heavy (non-hydrogen) atoms. The number of aromatic nitrogens is 2. The van der Waals surface area contributed by atoms with Gasteiger partial charge in [0, 0.05) is 36.9 Å². The van der Waals surface area contributed by atoms with E-state index >= 15 is 0 Å². The maximum Gasteiger partial charge on any atom is 0.255 e. The highest BCUT2D eigenvalue weighted by Gasteiger charge is 2.34. The van der Waals surface area contributed by atoms with Crippen molar-refractivity contribution in [2.75, 3.05) is 0 Å². The molecule has 1 amide bonds. The Labute approximate surface area is 146 Å². The quantitative estimate of drug-likeness (QED) is 0.900. The molecule has 2 bridgehead atoms. The highest BCUT2D eigenvalue weighted by atomic mass is 35.5. The first-order chi connectivity index (χ1) is 11.6. The molecular weight excluding hydrogens is 324 g/mol. The third kappa shape index (κ3) is 2.94. The lowest BCUT2D eigenvalue weighted by molar-refractivity contribution is 0.0924. The molecule has 2 atom stereocenters. The Morgan fingerprint density at radius 3 is 2.71 bits per heavy atom. The number of hydrogen-bond acceptors (Lipinski definition) is 3. The van der Waals surface area contributed by atoms with Gasteiger partial charge in [0.25, 0.3) is 5.91 Å². The molecule has 126 valence electrons. The van der Waals surface area contributed by atoms with Crippen LogP contribution in [-0.4, -0.2) is 33.8 Å². The van der Waals surface area contributed by atoms with E-state index in [1.54, 1.807) is 10.9 Å². The summed E-state index contributed by atoms with van der Waals surface area (Å²) in [5, 5.41) is 11.9. The topological polar surface area (TPSA) is 59.0 Å². The highest BCUT2D eigenvalue weighted by molar-refractivity contribution is 6.33. The first-order valence-electron chi connectivity index (χ1n) is 8.45. The van der Waals surface area contributed by atoms with Crippen molar-refractivity contribution >= 4 is 17.5 Å². The van der Waals surface area contributed by atoms with Gasteiger partial charge < -0.3 is 10.6 Å². The Hall–Kier alpha value is -1.85. The standard InChI is InChI=1S/C18H21ClN4O/c1-23-10-15(17(22-23)14-4-2-3-5-16(14)19)18(24)21-13-8-11-6-7-12(9-13)20-11/h2-5,10-13,20H,6-9H2,1H3,(H,21,24). The third-order valence-corrected chi connectivity index (χ3v) is 5.34. The predicted molar refractivity (Wildman–Crippen MR) is 94.1 cm³/mol. The molecule has 0 aliphatic carbocycles. The van der Waals surface area contributed by atoms with Crippen LogP contribution in [0.5, 0.6) is 0 Å². The molecule has 2 aromatic rings. The van der Waals surface area contributed by atoms with Gasteiger partial charge in [-0.05, 0) is 31.7 Å². The number of aryl methyl sites for hydroxylation is 1. The molecule has 2 N–H and O–H groups in total. The number of benzene rings is 1. The zero-order valence-electron chi connectivity index (χ0n) is 13.6. The number of piperidine rings is 1. The van der Waals surface area contributed by atoms with E-state index in [0.717, 1.165) is 18.4 Å². The van der Waals surface area contributed by atoms with Gasteiger partial charge in [0.15, 0.2) is 0 Å². The first-order valence-corrected chi connectivity index (χ1v) is 8.83. The number of rotatable bonds is 3. The van der Waals surface area contributed by atoms with Crippen molar-refractivity contribution in [2.24, 2.45) is 7.05 Å². The molecule has 0 saturated carbocycles. The number of nitrogens with zero attached hydrogens (tertiary/aromatic N) is 2. The summed E-state index contributed by atoms with van der Waals surface area (Å²) in [4.78, 5) is 12.8. The average Bonchev–Trinajstić information content (AvgIpc) is 3.10. The van der Waals surface area contributed by atoms with Crippen LogP contribution in [0, 0.1) is 0 Å². The number of nitrogens with one attached hydrogen (secondary N) is 2. The lowest BCUT2D eigenvalue weighted by Crippen LogP contribution is -2.48. The minimum Gasteiger partial charge on any atom is -0.349 e. The maximum absolute atomic E-state index is 12.8. The van der Waals surface area contributed by atoms with Gasteiger partial charge in [-0.1, -0.05) is 29.8 Å². The van der Waals surface area contributed by atoms with Gasteiger partial charge in [0.05, 0.1) is 10.6 Å². The molecule has 0 radical (unpaired) electrons. The molecule has 2 unspecified atom stereocenters. The Morgan fingerprint density at radius 2 is 2.00 bits per heavy atom. The normalized spacial score (nSPS) is 25.7. The van der Waals surface area contributed by atoms with Crippen molar-refractivity contribution < 1.29 is 4.79 Å². The Morgan fingerprint density at radius 1 is 1.29 bits per heavy atom. The number of halogens is 1. The van der Waals surface area contributed by atoms with Crippen molar-refractivity contribution in [3.63, 3.8) is 0 Å². The molecule has 6 heteroatoms. The number of carbonyl (C=O) groups excluding carboxylic acids is 1. The van der Waals surface area contributed by atoms with E-state index < -0.39 is 0 Å². The van der Waals surface area contributed by atoms with Crippen molar-refractivity contribution in [1.82, 2.24) is 20.4 Å². The third-order valence-electron chi connectivity index (χ3n) is 5.01. The lowest BCUT2D eigenvalue weighted by atomic mass is 9.99. The minimum atomic E-state index is -0.0654. The SMILES string of the molecule is Cn1cc(C(=O)NC2CC3CCC(C2)N3)c(-c2ccccc2Cl)n1. The molecular formula is C18H21ClN4O. The summed E-state index contributed by atoms with van der Waals surface area (Å²) in [6.07, 6.45) is 6.21. The number of carbonyl (C=O) groups is 1. The Kier molecular flexibility index (Phi) is 4.06. The summed E-state index contributed by atoms with van der Waals surface area (Å²) in [5.74, 6) is -0.0654. The summed E-state index contributed by atoms with van der Waals surface area (Å²) in [6, 6.07) is 8.82. The Bertz CT molecular complexity index is 760. The molecule has 1 aromatic carbocycles. The zero-order valence-corrected chi connectivity index (χ0v) is 14.4. The molecule has 0 spiro atoms. The van der Waals surface area contributed by atoms with Gasteiger partial charge in [-0.15, -0.1) is 0 Å². The molecule has 3 heterocycles. The Balaban J connectivity index is 1.58. The van der Waals surface area contributed by atoms with Crippen LogP contribution >= 0.6 is 11.6 Å². The van der Waals surface area contributed by atoms with Crippen LogP contribution in [0.2, 0.25) is 5.02 Å². The van der Waals surface area contributed by atoms with Crippen LogP contribution in [0.3, 0.4) is 0 Å². The van der Waals surface area contributed by atoms with Gasteiger partial charge in [0.2, 0.25) is 0 Å². The maximum atomic E-state index is 12.8. The molecule has 2 aliphatic heterocycles. The van der Waals surface area contributed by atoms with Crippen molar-refractivity contribution in [2.45, 2.75) is 43.8 Å². The number of amides is 1. The fraction of sp³-hybridized carbons (Fsp3) is 0.444. The fourth-order valence-electron chi connectivity index (χ4n) is 3.95. The van der Waals surface area contributed by atoms with Crippen LogP contribution in [0.25, 0.3) is 11.3 Å². The van der Waals surface area contributed by atoms with E-state index in [-0.39, 0.29) is 11.9 Å². The van der Waals surface area contributed by atoms with Gasteiger partial charge >= 0.3 is 0 Å². The summed E-state index contributed by atoms with van der Waals surface area (Å²) >= 11 is 6.29. The highest BCUT2D eigenvalue weighted by Crippen LogP contribution is 2.30. The van der Waals surface area contributed by atoms with E-state index in [0.29, 0.717) is 28.4 Å². The van der Waals surface area contributed by atoms with Crippen LogP contribution in [0.4, 0.5) is 0 Å². The average molecular weight is 345 g/mol. The van der Waals surface area contributed by atoms with Gasteiger partial charge in [0.1, 0.15) is 5.69 Å². The van der Waals surface area contributed by atoms with Crippen LogP contribution in [0.1, 0.15) is 36.0 Å². The summed E-state index contributed by atoms with van der Waals surface area (Å²) in [5.41, 5.74) is 2.00. The van der Waals surface area contributed by atoms with Gasteiger partial charge in [-0.2, -0.15) is 5.10 Å². The van der Waals surface area contributed by atoms with Crippen LogP contribution < -0.4 is 10.6 Å². The van der Waals surface area contributed by atoms with E-state index in [1.807, 2.05) is 31.3 Å². The van der Waals surface area contributed by atoms with Crippen molar-refractivity contribution in [3.05, 3.63) is 41.0 Å². The van der Waals surface area contributed by atoms with Gasteiger partial charge in [-0.3, -0.25) is 9.48 Å². The molecule has 2 aliphatic rings. The van der Waals surface area contributed by atoms with E-state index in [4.69, 9.17) is 11.6 Å². The number of hydrogen-bond donors (Lipinski definition) is 2. The molecule has 1 aromatic heterocycles. The largest absolute Gasteiger partial charge is 0.349 e. The number of fused-ring (bicyclic) bond motifs is 2. The summed E-state index contributed by atoms with van der Waals surface area (Å²) in [6.45, 7) is 0. The van der Waals surface area contributed by atoms with Crippen LogP contribution in [0.15, 0.2) is 30.5 Å². The van der Waals surface area contributed by atoms with E-state index in [2.05, 4.69) is 15.7 Å². The van der Waals surface area contributed by atoms with Crippen molar-refractivity contribution in [1.29, 1.82) is 0 Å². The fourth-order valence-corrected chi connectivity index (χ4v) is 4.17. The molecule has 5 nitrogen and oxygen atoms in total. The smallest absolute Gasteiger partial charge is 0.255 e. The zero-order chi connectivity index (χ0) is 16.7. The van der Waals surface area contributed by atoms with Crippen LogP contribution in [-0.2, 0) is 7.05 Å². The lowest BCUT2D eigenvalue weighted by Gasteiger charge is -2.29. The summed E-state index contributed by atoms with van der Waals surface area (Å²) < 4.78 is 1.67.